The second-order valence-corrected chi connectivity index (χ2v) is 9.82. The molecule has 0 atom stereocenters. The molecule has 0 radical (unpaired) electrons. The lowest BCUT2D eigenvalue weighted by atomic mass is 10.2. The van der Waals surface area contributed by atoms with Gasteiger partial charge in [0.1, 0.15) is 11.4 Å². The maximum atomic E-state index is 13.0. The van der Waals surface area contributed by atoms with Crippen LogP contribution in [-0.2, 0) is 14.8 Å². The Morgan fingerprint density at radius 2 is 1.56 bits per heavy atom. The number of sulfonamides is 1. The summed E-state index contributed by atoms with van der Waals surface area (Å²) >= 11 is 0. The van der Waals surface area contributed by atoms with Crippen LogP contribution in [0.3, 0.4) is 0 Å². The second kappa shape index (κ2) is 10.4. The number of benzene rings is 2. The Kier molecular flexibility index (Phi) is 8.09. The molecule has 0 saturated heterocycles. The van der Waals surface area contributed by atoms with Gasteiger partial charge in [-0.1, -0.05) is 12.1 Å². The smallest absolute Gasteiger partial charge is 0.407 e. The molecular weight excluding hydrogens is 434 g/mol. The van der Waals surface area contributed by atoms with E-state index in [-0.39, 0.29) is 18.0 Å². The van der Waals surface area contributed by atoms with Crippen molar-refractivity contribution in [1.29, 1.82) is 0 Å². The van der Waals surface area contributed by atoms with E-state index in [1.54, 1.807) is 45.0 Å². The Hall–Kier alpha value is -3.27. The number of ether oxygens (including phenoxy) is 2. The fourth-order valence-electron chi connectivity index (χ4n) is 2.71. The van der Waals surface area contributed by atoms with Crippen LogP contribution in [0.4, 0.5) is 10.5 Å². The molecule has 2 rings (SSSR count). The molecule has 2 aromatic rings. The van der Waals surface area contributed by atoms with Crippen LogP contribution in [0.5, 0.6) is 5.75 Å². The van der Waals surface area contributed by atoms with Gasteiger partial charge >= 0.3 is 6.09 Å². The molecule has 2 aromatic carbocycles. The number of nitrogens with one attached hydrogen (secondary N) is 2. The number of carbonyl (C=O) groups excluding carboxylic acids is 2. The number of carbonyl (C=O) groups is 2. The van der Waals surface area contributed by atoms with Crippen molar-refractivity contribution in [3.63, 3.8) is 0 Å². The number of hydrogen-bond donors (Lipinski definition) is 2. The van der Waals surface area contributed by atoms with Crippen LogP contribution < -0.4 is 19.7 Å². The Bertz CT molecular complexity index is 1050. The van der Waals surface area contributed by atoms with Gasteiger partial charge in [0, 0.05) is 25.7 Å². The van der Waals surface area contributed by atoms with Gasteiger partial charge in [0.15, 0.2) is 0 Å². The van der Waals surface area contributed by atoms with E-state index in [1.165, 1.54) is 38.4 Å². The minimum Gasteiger partial charge on any atom is -0.495 e. The quantitative estimate of drug-likeness (QED) is 0.582. The maximum Gasteiger partial charge on any atom is 0.407 e. The Morgan fingerprint density at radius 1 is 0.969 bits per heavy atom. The average Bonchev–Trinajstić information content (AvgIpc) is 2.74. The number of rotatable bonds is 8. The highest BCUT2D eigenvalue weighted by molar-refractivity contribution is 7.92. The summed E-state index contributed by atoms with van der Waals surface area (Å²) in [5.74, 6) is 0.0348. The molecule has 0 aliphatic carbocycles. The van der Waals surface area contributed by atoms with E-state index in [0.717, 1.165) is 4.31 Å². The number of nitrogens with zero attached hydrogens (tertiary/aromatic N) is 1. The first-order valence-electron chi connectivity index (χ1n) is 9.93. The van der Waals surface area contributed by atoms with Crippen molar-refractivity contribution in [1.82, 2.24) is 10.6 Å². The third-order valence-electron chi connectivity index (χ3n) is 4.28. The van der Waals surface area contributed by atoms with E-state index in [1.807, 2.05) is 0 Å². The van der Waals surface area contributed by atoms with Crippen molar-refractivity contribution in [3.8, 4) is 5.75 Å². The van der Waals surface area contributed by atoms with Crippen LogP contribution in [0, 0.1) is 0 Å². The van der Waals surface area contributed by atoms with Gasteiger partial charge in [0.05, 0.1) is 17.7 Å². The molecule has 0 aromatic heterocycles. The predicted octanol–water partition coefficient (Wildman–Crippen LogP) is 2.77. The number of methoxy groups -OCH3 is 1. The number of para-hydroxylation sites is 2. The van der Waals surface area contributed by atoms with E-state index in [4.69, 9.17) is 9.47 Å². The van der Waals surface area contributed by atoms with Gasteiger partial charge in [-0.2, -0.15) is 0 Å². The number of alkyl carbamates (subject to hydrolysis) is 1. The predicted molar refractivity (Wildman–Crippen MR) is 122 cm³/mol. The molecule has 9 nitrogen and oxygen atoms in total. The molecule has 2 amide bonds. The minimum atomic E-state index is -3.85. The molecular formula is C22H29N3O6S. The summed E-state index contributed by atoms with van der Waals surface area (Å²) in [4.78, 5) is 23.9. The van der Waals surface area contributed by atoms with Gasteiger partial charge in [0.25, 0.3) is 15.9 Å². The highest BCUT2D eigenvalue weighted by atomic mass is 32.2. The molecule has 0 bridgehead atoms. The van der Waals surface area contributed by atoms with Gasteiger partial charge in [-0.3, -0.25) is 9.10 Å². The van der Waals surface area contributed by atoms with Crippen molar-refractivity contribution in [3.05, 3.63) is 54.1 Å². The highest BCUT2D eigenvalue weighted by Crippen LogP contribution is 2.30. The van der Waals surface area contributed by atoms with Crippen LogP contribution in [0.2, 0.25) is 0 Å². The average molecular weight is 464 g/mol. The molecule has 0 saturated carbocycles. The highest BCUT2D eigenvalue weighted by Gasteiger charge is 2.24. The summed E-state index contributed by atoms with van der Waals surface area (Å²) in [5, 5.41) is 5.19. The summed E-state index contributed by atoms with van der Waals surface area (Å²) in [5.41, 5.74) is 0.0882. The van der Waals surface area contributed by atoms with Crippen molar-refractivity contribution in [2.24, 2.45) is 0 Å². The first kappa shape index (κ1) is 25.0. The second-order valence-electron chi connectivity index (χ2n) is 7.85. The Labute approximate surface area is 188 Å². The Balaban J connectivity index is 1.98. The lowest BCUT2D eigenvalue weighted by Gasteiger charge is -2.21. The fourth-order valence-corrected chi connectivity index (χ4v) is 3.92. The van der Waals surface area contributed by atoms with Crippen LogP contribution in [0.1, 0.15) is 31.1 Å². The normalized spacial score (nSPS) is 11.4. The van der Waals surface area contributed by atoms with E-state index in [0.29, 0.717) is 17.0 Å². The summed E-state index contributed by atoms with van der Waals surface area (Å²) in [6.45, 7) is 5.65. The molecule has 32 heavy (non-hydrogen) atoms. The largest absolute Gasteiger partial charge is 0.495 e. The fraction of sp³-hybridized carbons (Fsp3) is 0.364. The lowest BCUT2D eigenvalue weighted by molar-refractivity contribution is 0.0526. The Morgan fingerprint density at radius 3 is 2.16 bits per heavy atom. The maximum absolute atomic E-state index is 13.0. The molecule has 0 spiro atoms. The topological polar surface area (TPSA) is 114 Å². The van der Waals surface area contributed by atoms with Crippen molar-refractivity contribution >= 4 is 27.7 Å². The van der Waals surface area contributed by atoms with Gasteiger partial charge in [-0.25, -0.2) is 13.2 Å². The summed E-state index contributed by atoms with van der Waals surface area (Å²) in [6, 6.07) is 12.4. The third kappa shape index (κ3) is 6.61. The summed E-state index contributed by atoms with van der Waals surface area (Å²) < 4.78 is 37.4. The standard InChI is InChI=1S/C22H29N3O6S/c1-22(2,3)31-21(27)24-15-14-23-20(26)16-10-12-17(13-11-16)32(28,29)25(4)18-8-6-7-9-19(18)30-5/h6-13H,14-15H2,1-5H3,(H,23,26)(H,24,27). The monoisotopic (exact) mass is 463 g/mol. The number of anilines is 1. The minimum absolute atomic E-state index is 0.0362. The SMILES string of the molecule is COc1ccccc1N(C)S(=O)(=O)c1ccc(C(=O)NCCNC(=O)OC(C)(C)C)cc1. The van der Waals surface area contributed by atoms with Gasteiger partial charge in [-0.05, 0) is 57.2 Å². The first-order valence-corrected chi connectivity index (χ1v) is 11.4. The zero-order valence-electron chi connectivity index (χ0n) is 18.8. The lowest BCUT2D eigenvalue weighted by Crippen LogP contribution is -2.37. The van der Waals surface area contributed by atoms with Crippen LogP contribution in [-0.4, -0.2) is 53.3 Å². The van der Waals surface area contributed by atoms with Crippen LogP contribution in [0.25, 0.3) is 0 Å². The van der Waals surface area contributed by atoms with Crippen molar-refractivity contribution in [2.45, 2.75) is 31.3 Å². The molecule has 2 N–H and O–H groups in total. The van der Waals surface area contributed by atoms with Gasteiger partial charge in [0.2, 0.25) is 0 Å². The van der Waals surface area contributed by atoms with Crippen molar-refractivity contribution in [2.75, 3.05) is 31.6 Å². The summed E-state index contributed by atoms with van der Waals surface area (Å²) in [6.07, 6.45) is -0.569. The molecule has 0 unspecified atom stereocenters. The van der Waals surface area contributed by atoms with E-state index >= 15 is 0 Å². The summed E-state index contributed by atoms with van der Waals surface area (Å²) in [7, 11) is -0.948. The first-order chi connectivity index (χ1) is 15.0. The van der Waals surface area contributed by atoms with Crippen LogP contribution in [0.15, 0.2) is 53.4 Å². The van der Waals surface area contributed by atoms with Gasteiger partial charge in [-0.15, -0.1) is 0 Å². The molecule has 0 aliphatic rings. The van der Waals surface area contributed by atoms with E-state index < -0.39 is 27.6 Å². The zero-order chi connectivity index (χ0) is 23.9. The van der Waals surface area contributed by atoms with E-state index in [9.17, 15) is 18.0 Å². The van der Waals surface area contributed by atoms with Crippen LogP contribution >= 0.6 is 0 Å². The zero-order valence-corrected chi connectivity index (χ0v) is 19.7. The van der Waals surface area contributed by atoms with Crippen molar-refractivity contribution < 1.29 is 27.5 Å². The molecule has 174 valence electrons. The molecule has 0 aliphatic heterocycles. The molecule has 0 heterocycles. The molecule has 0 fully saturated rings. The molecule has 10 heteroatoms. The number of hydrogen-bond acceptors (Lipinski definition) is 6. The van der Waals surface area contributed by atoms with Gasteiger partial charge < -0.3 is 20.1 Å². The third-order valence-corrected chi connectivity index (χ3v) is 6.06. The number of amides is 2. The van der Waals surface area contributed by atoms with E-state index in [2.05, 4.69) is 10.6 Å².